The van der Waals surface area contributed by atoms with Gasteiger partial charge in [0.05, 0.1) is 0 Å². The van der Waals surface area contributed by atoms with Crippen LogP contribution in [0.25, 0.3) is 10.9 Å². The Morgan fingerprint density at radius 1 is 1.11 bits per heavy atom. The molecule has 140 valence electrons. The Labute approximate surface area is 157 Å². The fraction of sp³-hybridized carbons (Fsp3) is 0.238. The molecular formula is C21H22FN3O2. The number of carbonyl (C=O) groups is 2. The molecule has 2 aromatic carbocycles. The van der Waals surface area contributed by atoms with Crippen LogP contribution in [0.1, 0.15) is 36.3 Å². The molecule has 0 aliphatic rings. The Bertz CT molecular complexity index is 978. The highest BCUT2D eigenvalue weighted by atomic mass is 19.1. The van der Waals surface area contributed by atoms with Crippen LogP contribution >= 0.6 is 0 Å². The highest BCUT2D eigenvalue weighted by Gasteiger charge is 2.10. The second-order valence-electron chi connectivity index (χ2n) is 6.94. The Hall–Kier alpha value is -3.15. The van der Waals surface area contributed by atoms with E-state index in [4.69, 9.17) is 0 Å². The maximum absolute atomic E-state index is 13.3. The number of aromatic nitrogens is 1. The summed E-state index contributed by atoms with van der Waals surface area (Å²) in [4.78, 5) is 27.2. The molecule has 0 saturated heterocycles. The van der Waals surface area contributed by atoms with Gasteiger partial charge in [-0.2, -0.15) is 0 Å². The van der Waals surface area contributed by atoms with E-state index < -0.39 is 0 Å². The summed E-state index contributed by atoms with van der Waals surface area (Å²) in [5.74, 6) is -0.362. The predicted molar refractivity (Wildman–Crippen MR) is 104 cm³/mol. The molecule has 0 unspecified atom stereocenters. The first-order valence-electron chi connectivity index (χ1n) is 8.86. The van der Waals surface area contributed by atoms with Crippen molar-refractivity contribution >= 4 is 28.4 Å². The van der Waals surface area contributed by atoms with E-state index >= 15 is 0 Å². The van der Waals surface area contributed by atoms with E-state index in [1.165, 1.54) is 12.1 Å². The Kier molecular flexibility index (Phi) is 5.54. The zero-order chi connectivity index (χ0) is 19.4. The topological polar surface area (TPSA) is 74.0 Å². The Morgan fingerprint density at radius 2 is 1.93 bits per heavy atom. The highest BCUT2D eigenvalue weighted by molar-refractivity contribution is 5.98. The number of rotatable bonds is 6. The molecule has 0 saturated carbocycles. The molecule has 0 aliphatic carbocycles. The third-order valence-electron chi connectivity index (χ3n) is 4.08. The molecule has 0 radical (unpaired) electrons. The molecule has 0 spiro atoms. The number of fused-ring (bicyclic) bond motifs is 1. The Balaban J connectivity index is 1.62. The lowest BCUT2D eigenvalue weighted by atomic mass is 10.1. The number of H-pyrrole nitrogens is 1. The molecule has 5 nitrogen and oxygen atoms in total. The van der Waals surface area contributed by atoms with Crippen LogP contribution in [0.5, 0.6) is 0 Å². The van der Waals surface area contributed by atoms with Gasteiger partial charge in [-0.05, 0) is 47.9 Å². The van der Waals surface area contributed by atoms with E-state index in [1.807, 2.05) is 38.1 Å². The van der Waals surface area contributed by atoms with Gasteiger partial charge in [-0.3, -0.25) is 9.59 Å². The minimum atomic E-state index is -0.343. The van der Waals surface area contributed by atoms with Crippen LogP contribution in [0.4, 0.5) is 10.1 Å². The lowest BCUT2D eigenvalue weighted by Crippen LogP contribution is -2.23. The number of nitrogens with one attached hydrogen (secondary N) is 3. The highest BCUT2D eigenvalue weighted by Crippen LogP contribution is 2.17. The molecule has 0 aliphatic heterocycles. The van der Waals surface area contributed by atoms with E-state index in [0.29, 0.717) is 35.2 Å². The SMILES string of the molecule is CC(C)CC(=O)Nc1cccc(CNC(=O)c2cc3cc(F)ccc3[nH]2)c1. The minimum Gasteiger partial charge on any atom is -0.351 e. The summed E-state index contributed by atoms with van der Waals surface area (Å²) in [6, 6.07) is 13.3. The number of halogens is 1. The molecule has 3 aromatic rings. The van der Waals surface area contributed by atoms with Crippen molar-refractivity contribution in [1.29, 1.82) is 0 Å². The first-order chi connectivity index (χ1) is 12.9. The van der Waals surface area contributed by atoms with Gasteiger partial charge in [0.25, 0.3) is 5.91 Å². The van der Waals surface area contributed by atoms with Gasteiger partial charge in [-0.25, -0.2) is 4.39 Å². The molecule has 3 rings (SSSR count). The van der Waals surface area contributed by atoms with Crippen LogP contribution in [0.3, 0.4) is 0 Å². The average molecular weight is 367 g/mol. The maximum atomic E-state index is 13.3. The summed E-state index contributed by atoms with van der Waals surface area (Å²) in [5.41, 5.74) is 2.65. The number of aromatic amines is 1. The van der Waals surface area contributed by atoms with Gasteiger partial charge >= 0.3 is 0 Å². The summed E-state index contributed by atoms with van der Waals surface area (Å²) in [6.45, 7) is 4.30. The van der Waals surface area contributed by atoms with Crippen molar-refractivity contribution in [1.82, 2.24) is 10.3 Å². The van der Waals surface area contributed by atoms with Crippen molar-refractivity contribution in [2.24, 2.45) is 5.92 Å². The van der Waals surface area contributed by atoms with Gasteiger partial charge in [-0.1, -0.05) is 26.0 Å². The zero-order valence-electron chi connectivity index (χ0n) is 15.3. The third-order valence-corrected chi connectivity index (χ3v) is 4.08. The van der Waals surface area contributed by atoms with Gasteiger partial charge in [0.2, 0.25) is 5.91 Å². The molecule has 0 bridgehead atoms. The second-order valence-corrected chi connectivity index (χ2v) is 6.94. The van der Waals surface area contributed by atoms with Crippen LogP contribution in [-0.4, -0.2) is 16.8 Å². The normalized spacial score (nSPS) is 11.0. The van der Waals surface area contributed by atoms with Crippen LogP contribution in [0.15, 0.2) is 48.5 Å². The summed E-state index contributed by atoms with van der Waals surface area (Å²) in [7, 11) is 0. The molecule has 1 aromatic heterocycles. The fourth-order valence-corrected chi connectivity index (χ4v) is 2.85. The summed E-state index contributed by atoms with van der Waals surface area (Å²) in [6.07, 6.45) is 0.460. The lowest BCUT2D eigenvalue weighted by Gasteiger charge is -2.09. The van der Waals surface area contributed by atoms with Crippen molar-refractivity contribution in [3.63, 3.8) is 0 Å². The van der Waals surface area contributed by atoms with Gasteiger partial charge in [-0.15, -0.1) is 0 Å². The zero-order valence-corrected chi connectivity index (χ0v) is 15.3. The standard InChI is InChI=1S/C21H22FN3O2/c1-13(2)8-20(26)24-17-5-3-4-14(9-17)12-23-21(27)19-11-15-10-16(22)6-7-18(15)25-19/h3-7,9-11,13,25H,8,12H2,1-2H3,(H,23,27)(H,24,26). The van der Waals surface area contributed by atoms with E-state index in [1.54, 1.807) is 12.1 Å². The van der Waals surface area contributed by atoms with Gasteiger partial charge in [0, 0.05) is 29.6 Å². The number of anilines is 1. The van der Waals surface area contributed by atoms with E-state index in [9.17, 15) is 14.0 Å². The maximum Gasteiger partial charge on any atom is 0.267 e. The molecule has 6 heteroatoms. The van der Waals surface area contributed by atoms with Gasteiger partial charge in [0.1, 0.15) is 11.5 Å². The van der Waals surface area contributed by atoms with Crippen LogP contribution in [0, 0.1) is 11.7 Å². The minimum absolute atomic E-state index is 0.0310. The fourth-order valence-electron chi connectivity index (χ4n) is 2.85. The quantitative estimate of drug-likeness (QED) is 0.610. The first-order valence-corrected chi connectivity index (χ1v) is 8.86. The monoisotopic (exact) mass is 367 g/mol. The molecule has 27 heavy (non-hydrogen) atoms. The molecule has 2 amide bonds. The number of hydrogen-bond donors (Lipinski definition) is 3. The predicted octanol–water partition coefficient (Wildman–Crippen LogP) is 4.22. The van der Waals surface area contributed by atoms with Crippen molar-refractivity contribution < 1.29 is 14.0 Å². The first kappa shape index (κ1) is 18.6. The molecule has 0 atom stereocenters. The second kappa shape index (κ2) is 8.03. The van der Waals surface area contributed by atoms with Gasteiger partial charge in [0.15, 0.2) is 0 Å². The van der Waals surface area contributed by atoms with Crippen molar-refractivity contribution in [3.05, 3.63) is 65.6 Å². The average Bonchev–Trinajstić information content (AvgIpc) is 3.02. The van der Waals surface area contributed by atoms with E-state index in [-0.39, 0.29) is 23.5 Å². The Morgan fingerprint density at radius 3 is 2.70 bits per heavy atom. The summed E-state index contributed by atoms with van der Waals surface area (Å²) >= 11 is 0. The van der Waals surface area contributed by atoms with Crippen molar-refractivity contribution in [2.45, 2.75) is 26.8 Å². The number of amides is 2. The largest absolute Gasteiger partial charge is 0.351 e. The lowest BCUT2D eigenvalue weighted by molar-refractivity contribution is -0.116. The summed E-state index contributed by atoms with van der Waals surface area (Å²) in [5, 5.41) is 6.34. The third kappa shape index (κ3) is 4.94. The smallest absolute Gasteiger partial charge is 0.267 e. The van der Waals surface area contributed by atoms with Crippen LogP contribution in [0.2, 0.25) is 0 Å². The number of hydrogen-bond acceptors (Lipinski definition) is 2. The van der Waals surface area contributed by atoms with Crippen molar-refractivity contribution in [2.75, 3.05) is 5.32 Å². The molecular weight excluding hydrogens is 345 g/mol. The molecule has 0 fully saturated rings. The summed E-state index contributed by atoms with van der Waals surface area (Å²) < 4.78 is 13.3. The number of benzene rings is 2. The molecule has 1 heterocycles. The van der Waals surface area contributed by atoms with Crippen molar-refractivity contribution in [3.8, 4) is 0 Å². The van der Waals surface area contributed by atoms with Crippen LogP contribution < -0.4 is 10.6 Å². The van der Waals surface area contributed by atoms with E-state index in [0.717, 1.165) is 5.56 Å². The van der Waals surface area contributed by atoms with Crippen LogP contribution in [-0.2, 0) is 11.3 Å². The van der Waals surface area contributed by atoms with Gasteiger partial charge < -0.3 is 15.6 Å². The van der Waals surface area contributed by atoms with E-state index in [2.05, 4.69) is 15.6 Å². The number of carbonyl (C=O) groups excluding carboxylic acids is 2. The molecule has 3 N–H and O–H groups in total.